The molecule has 0 spiro atoms. The van der Waals surface area contributed by atoms with Gasteiger partial charge >= 0.3 is 0 Å². The number of carbonyl (C=O) groups excluding carboxylic acids is 1. The van der Waals surface area contributed by atoms with Crippen LogP contribution in [0.15, 0.2) is 18.2 Å². The van der Waals surface area contributed by atoms with Crippen molar-refractivity contribution < 1.29 is 14.3 Å². The first-order chi connectivity index (χ1) is 8.62. The number of carbonyl (C=O) groups is 1. The maximum atomic E-state index is 11.6. The summed E-state index contributed by atoms with van der Waals surface area (Å²) in [5.74, 6) is 1.03. The summed E-state index contributed by atoms with van der Waals surface area (Å²) >= 11 is 0. The monoisotopic (exact) mass is 252 g/mol. The Morgan fingerprint density at radius 1 is 1.39 bits per heavy atom. The zero-order valence-corrected chi connectivity index (χ0v) is 11.0. The molecule has 1 amide bonds. The molecular weight excluding hydrogens is 232 g/mol. The Bertz CT molecular complexity index is 407. The van der Waals surface area contributed by atoms with E-state index in [4.69, 9.17) is 15.2 Å². The normalized spacial score (nSPS) is 11.8. The third kappa shape index (κ3) is 3.63. The largest absolute Gasteiger partial charge is 0.493 e. The summed E-state index contributed by atoms with van der Waals surface area (Å²) in [5.41, 5.74) is 6.29. The van der Waals surface area contributed by atoms with Gasteiger partial charge in [0.25, 0.3) is 0 Å². The van der Waals surface area contributed by atoms with Gasteiger partial charge in [0, 0.05) is 11.8 Å². The fourth-order valence-electron chi connectivity index (χ4n) is 1.44. The van der Waals surface area contributed by atoms with Gasteiger partial charge in [0.1, 0.15) is 0 Å². The third-order valence-corrected chi connectivity index (χ3v) is 2.51. The van der Waals surface area contributed by atoms with E-state index in [1.165, 1.54) is 0 Å². The van der Waals surface area contributed by atoms with Gasteiger partial charge in [-0.2, -0.15) is 0 Å². The molecule has 0 bridgehead atoms. The minimum Gasteiger partial charge on any atom is -0.493 e. The van der Waals surface area contributed by atoms with Crippen LogP contribution in [0.4, 0.5) is 5.69 Å². The SMILES string of the molecule is CCOc1ccc(NC(=O)[C@@H](N)CC)cc1OC. The molecule has 0 fully saturated rings. The summed E-state index contributed by atoms with van der Waals surface area (Å²) in [6, 6.07) is 4.73. The minimum atomic E-state index is -0.498. The van der Waals surface area contributed by atoms with Crippen LogP contribution < -0.4 is 20.5 Å². The van der Waals surface area contributed by atoms with E-state index in [2.05, 4.69) is 5.32 Å². The van der Waals surface area contributed by atoms with Crippen molar-refractivity contribution in [3.05, 3.63) is 18.2 Å². The lowest BCUT2D eigenvalue weighted by Gasteiger charge is -2.13. The Morgan fingerprint density at radius 2 is 2.11 bits per heavy atom. The molecular formula is C13H20N2O3. The number of hydrogen-bond donors (Lipinski definition) is 2. The number of anilines is 1. The number of benzene rings is 1. The van der Waals surface area contributed by atoms with Crippen LogP contribution in [0, 0.1) is 0 Å². The number of nitrogens with two attached hydrogens (primary N) is 1. The highest BCUT2D eigenvalue weighted by atomic mass is 16.5. The van der Waals surface area contributed by atoms with Crippen molar-refractivity contribution in [3.8, 4) is 11.5 Å². The summed E-state index contributed by atoms with van der Waals surface area (Å²) in [4.78, 5) is 11.6. The Labute approximate surface area is 107 Å². The molecule has 0 radical (unpaired) electrons. The van der Waals surface area contributed by atoms with E-state index < -0.39 is 6.04 Å². The molecule has 18 heavy (non-hydrogen) atoms. The maximum Gasteiger partial charge on any atom is 0.241 e. The van der Waals surface area contributed by atoms with Gasteiger partial charge in [-0.3, -0.25) is 4.79 Å². The van der Waals surface area contributed by atoms with Gasteiger partial charge in [0.2, 0.25) is 5.91 Å². The lowest BCUT2D eigenvalue weighted by Crippen LogP contribution is -2.34. The number of ether oxygens (including phenoxy) is 2. The summed E-state index contributed by atoms with van der Waals surface area (Å²) in [5, 5.41) is 2.74. The maximum absolute atomic E-state index is 11.6. The zero-order valence-electron chi connectivity index (χ0n) is 11.0. The fraction of sp³-hybridized carbons (Fsp3) is 0.462. The third-order valence-electron chi connectivity index (χ3n) is 2.51. The zero-order chi connectivity index (χ0) is 13.5. The molecule has 0 aliphatic heterocycles. The summed E-state index contributed by atoms with van der Waals surface area (Å²) in [6.07, 6.45) is 0.597. The van der Waals surface area contributed by atoms with Gasteiger partial charge < -0.3 is 20.5 Å². The Morgan fingerprint density at radius 3 is 2.67 bits per heavy atom. The molecule has 0 saturated heterocycles. The molecule has 5 nitrogen and oxygen atoms in total. The molecule has 0 unspecified atom stereocenters. The molecule has 0 aromatic heterocycles. The predicted octanol–water partition coefficient (Wildman–Crippen LogP) is 1.77. The molecule has 0 aliphatic rings. The van der Waals surface area contributed by atoms with Crippen LogP contribution in [-0.4, -0.2) is 25.7 Å². The molecule has 1 rings (SSSR count). The number of hydrogen-bond acceptors (Lipinski definition) is 4. The van der Waals surface area contributed by atoms with Gasteiger partial charge in [-0.05, 0) is 25.5 Å². The van der Waals surface area contributed by atoms with Gasteiger partial charge in [0.05, 0.1) is 19.8 Å². The van der Waals surface area contributed by atoms with Crippen molar-refractivity contribution in [2.24, 2.45) is 5.73 Å². The Hall–Kier alpha value is -1.75. The van der Waals surface area contributed by atoms with Crippen molar-refractivity contribution in [3.63, 3.8) is 0 Å². The van der Waals surface area contributed by atoms with Crippen LogP contribution >= 0.6 is 0 Å². The first kappa shape index (κ1) is 14.3. The second kappa shape index (κ2) is 6.86. The van der Waals surface area contributed by atoms with E-state index in [0.717, 1.165) is 0 Å². The molecule has 1 aromatic rings. The quantitative estimate of drug-likeness (QED) is 0.809. The van der Waals surface area contributed by atoms with E-state index in [-0.39, 0.29) is 5.91 Å². The fourth-order valence-corrected chi connectivity index (χ4v) is 1.44. The second-order valence-corrected chi connectivity index (χ2v) is 3.80. The summed E-state index contributed by atoms with van der Waals surface area (Å²) < 4.78 is 10.6. The lowest BCUT2D eigenvalue weighted by atomic mass is 10.2. The first-order valence-electron chi connectivity index (χ1n) is 5.99. The van der Waals surface area contributed by atoms with Gasteiger partial charge in [-0.15, -0.1) is 0 Å². The molecule has 1 aromatic carbocycles. The van der Waals surface area contributed by atoms with Crippen LogP contribution in [0.1, 0.15) is 20.3 Å². The molecule has 3 N–H and O–H groups in total. The average Bonchev–Trinajstić information content (AvgIpc) is 2.39. The van der Waals surface area contributed by atoms with Crippen molar-refractivity contribution in [2.45, 2.75) is 26.3 Å². The Kier molecular flexibility index (Phi) is 5.45. The van der Waals surface area contributed by atoms with Crippen LogP contribution in [0.3, 0.4) is 0 Å². The minimum absolute atomic E-state index is 0.205. The molecule has 1 atom stereocenters. The van der Waals surface area contributed by atoms with Crippen LogP contribution in [0.2, 0.25) is 0 Å². The van der Waals surface area contributed by atoms with Crippen molar-refractivity contribution in [1.29, 1.82) is 0 Å². The summed E-state index contributed by atoms with van der Waals surface area (Å²) in [7, 11) is 1.56. The lowest BCUT2D eigenvalue weighted by molar-refractivity contribution is -0.117. The highest BCUT2D eigenvalue weighted by Crippen LogP contribution is 2.30. The average molecular weight is 252 g/mol. The second-order valence-electron chi connectivity index (χ2n) is 3.80. The number of amides is 1. The van der Waals surface area contributed by atoms with E-state index in [0.29, 0.717) is 30.2 Å². The van der Waals surface area contributed by atoms with E-state index in [9.17, 15) is 4.79 Å². The van der Waals surface area contributed by atoms with Crippen molar-refractivity contribution >= 4 is 11.6 Å². The van der Waals surface area contributed by atoms with E-state index >= 15 is 0 Å². The molecule has 5 heteroatoms. The topological polar surface area (TPSA) is 73.6 Å². The Balaban J connectivity index is 2.82. The molecule has 0 aliphatic carbocycles. The number of rotatable bonds is 6. The van der Waals surface area contributed by atoms with Crippen LogP contribution in [-0.2, 0) is 4.79 Å². The molecule has 0 heterocycles. The number of nitrogens with one attached hydrogen (secondary N) is 1. The number of methoxy groups -OCH3 is 1. The van der Waals surface area contributed by atoms with Crippen LogP contribution in [0.25, 0.3) is 0 Å². The smallest absolute Gasteiger partial charge is 0.241 e. The first-order valence-corrected chi connectivity index (χ1v) is 5.99. The van der Waals surface area contributed by atoms with E-state index in [1.807, 2.05) is 13.8 Å². The van der Waals surface area contributed by atoms with E-state index in [1.54, 1.807) is 25.3 Å². The van der Waals surface area contributed by atoms with Crippen molar-refractivity contribution in [2.75, 3.05) is 19.0 Å². The van der Waals surface area contributed by atoms with Gasteiger partial charge in [-0.25, -0.2) is 0 Å². The van der Waals surface area contributed by atoms with Crippen LogP contribution in [0.5, 0.6) is 11.5 Å². The molecule has 100 valence electrons. The van der Waals surface area contributed by atoms with Crippen molar-refractivity contribution in [1.82, 2.24) is 0 Å². The molecule has 0 saturated carbocycles. The van der Waals surface area contributed by atoms with Gasteiger partial charge in [0.15, 0.2) is 11.5 Å². The highest BCUT2D eigenvalue weighted by Gasteiger charge is 2.12. The highest BCUT2D eigenvalue weighted by molar-refractivity contribution is 5.94. The van der Waals surface area contributed by atoms with Gasteiger partial charge in [-0.1, -0.05) is 6.92 Å². The standard InChI is InChI=1S/C13H20N2O3/c1-4-10(14)13(16)15-9-6-7-11(18-5-2)12(8-9)17-3/h6-8,10H,4-5,14H2,1-3H3,(H,15,16)/t10-/m0/s1. The summed E-state index contributed by atoms with van der Waals surface area (Å²) in [6.45, 7) is 4.32. The predicted molar refractivity (Wildman–Crippen MR) is 71.1 cm³/mol.